The van der Waals surface area contributed by atoms with Gasteiger partial charge in [0.1, 0.15) is 18.4 Å². The van der Waals surface area contributed by atoms with E-state index in [2.05, 4.69) is 5.32 Å². The maximum absolute atomic E-state index is 14.2. The van der Waals surface area contributed by atoms with Crippen molar-refractivity contribution in [3.63, 3.8) is 0 Å². The van der Waals surface area contributed by atoms with Gasteiger partial charge in [-0.3, -0.25) is 13.9 Å². The molecular weight excluding hydrogens is 553 g/mol. The average Bonchev–Trinajstić information content (AvgIpc) is 2.99. The van der Waals surface area contributed by atoms with Gasteiger partial charge >= 0.3 is 0 Å². The summed E-state index contributed by atoms with van der Waals surface area (Å²) in [5.41, 5.74) is 2.87. The van der Waals surface area contributed by atoms with Crippen LogP contribution in [-0.4, -0.2) is 43.8 Å². The minimum Gasteiger partial charge on any atom is -0.352 e. The van der Waals surface area contributed by atoms with Crippen LogP contribution in [0.3, 0.4) is 0 Å². The molecule has 0 unspecified atom stereocenters. The Kier molecular flexibility index (Phi) is 10.4. The Bertz CT molecular complexity index is 1470. The summed E-state index contributed by atoms with van der Waals surface area (Å²) >= 11 is 0. The van der Waals surface area contributed by atoms with Crippen molar-refractivity contribution in [2.24, 2.45) is 0 Å². The Labute approximate surface area is 248 Å². The summed E-state index contributed by atoms with van der Waals surface area (Å²) in [5, 5.41) is 3.13. The first-order valence-electron chi connectivity index (χ1n) is 14.6. The van der Waals surface area contributed by atoms with Crippen molar-refractivity contribution < 1.29 is 22.4 Å². The Morgan fingerprint density at radius 2 is 1.60 bits per heavy atom. The fourth-order valence-corrected chi connectivity index (χ4v) is 6.81. The summed E-state index contributed by atoms with van der Waals surface area (Å²) in [7, 11) is -4.13. The number of sulfonamides is 1. The van der Waals surface area contributed by atoms with Gasteiger partial charge in [-0.1, -0.05) is 62.6 Å². The van der Waals surface area contributed by atoms with Gasteiger partial charge in [0, 0.05) is 12.6 Å². The van der Waals surface area contributed by atoms with Crippen LogP contribution in [0.4, 0.5) is 10.1 Å². The normalized spacial score (nSPS) is 14.7. The molecular formula is C33H40FN3O4S. The Balaban J connectivity index is 1.71. The molecule has 1 aliphatic carbocycles. The van der Waals surface area contributed by atoms with Crippen molar-refractivity contribution in [3.05, 3.63) is 95.3 Å². The quantitative estimate of drug-likeness (QED) is 0.300. The summed E-state index contributed by atoms with van der Waals surface area (Å²) in [6, 6.07) is 18.2. The predicted octanol–water partition coefficient (Wildman–Crippen LogP) is 5.89. The molecule has 0 heterocycles. The third-order valence-electron chi connectivity index (χ3n) is 7.99. The summed E-state index contributed by atoms with van der Waals surface area (Å²) in [6.45, 7) is 5.17. The first-order chi connectivity index (χ1) is 20.1. The number of benzene rings is 3. The van der Waals surface area contributed by atoms with Crippen molar-refractivity contribution in [2.45, 2.75) is 82.8 Å². The van der Waals surface area contributed by atoms with E-state index in [1.807, 2.05) is 26.8 Å². The number of nitrogens with one attached hydrogen (secondary N) is 1. The molecule has 2 amide bonds. The van der Waals surface area contributed by atoms with E-state index >= 15 is 0 Å². The van der Waals surface area contributed by atoms with E-state index in [9.17, 15) is 22.4 Å². The standard InChI is InChI=1S/C33H40FN3O4S/c1-4-31(33(39)35-28-11-7-5-8-12-28)36(22-26-16-18-27(34)19-17-26)32(38)23-37(29-20-15-24(2)25(3)21-29)42(40,41)30-13-9-6-10-14-30/h6,9-10,13-21,28,31H,4-5,7-8,11-12,22-23H2,1-3H3,(H,35,39)/t31-/m0/s1. The molecule has 224 valence electrons. The molecule has 4 rings (SSSR count). The monoisotopic (exact) mass is 593 g/mol. The van der Waals surface area contributed by atoms with E-state index < -0.39 is 34.3 Å². The van der Waals surface area contributed by atoms with Gasteiger partial charge in [0.25, 0.3) is 10.0 Å². The number of anilines is 1. The van der Waals surface area contributed by atoms with Crippen LogP contribution in [0.2, 0.25) is 0 Å². The van der Waals surface area contributed by atoms with Crippen molar-refractivity contribution in [1.82, 2.24) is 10.2 Å². The molecule has 9 heteroatoms. The van der Waals surface area contributed by atoms with E-state index in [1.165, 1.54) is 29.2 Å². The van der Waals surface area contributed by atoms with Crippen LogP contribution in [0.5, 0.6) is 0 Å². The highest BCUT2D eigenvalue weighted by molar-refractivity contribution is 7.92. The first-order valence-corrected chi connectivity index (χ1v) is 16.0. The summed E-state index contributed by atoms with van der Waals surface area (Å²) < 4.78 is 42.7. The highest BCUT2D eigenvalue weighted by Gasteiger charge is 2.34. The van der Waals surface area contributed by atoms with Crippen molar-refractivity contribution in [3.8, 4) is 0 Å². The summed E-state index contributed by atoms with van der Waals surface area (Å²) in [6.07, 6.45) is 5.35. The van der Waals surface area contributed by atoms with Gasteiger partial charge in [-0.05, 0) is 86.2 Å². The van der Waals surface area contributed by atoms with Gasteiger partial charge in [0.15, 0.2) is 0 Å². The van der Waals surface area contributed by atoms with Crippen LogP contribution < -0.4 is 9.62 Å². The zero-order chi connectivity index (χ0) is 30.3. The number of hydrogen-bond donors (Lipinski definition) is 1. The second-order valence-corrected chi connectivity index (χ2v) is 12.9. The zero-order valence-electron chi connectivity index (χ0n) is 24.6. The lowest BCUT2D eigenvalue weighted by Gasteiger charge is -2.34. The second-order valence-electron chi connectivity index (χ2n) is 11.0. The lowest BCUT2D eigenvalue weighted by molar-refractivity contribution is -0.140. The van der Waals surface area contributed by atoms with Gasteiger partial charge < -0.3 is 10.2 Å². The fraction of sp³-hybridized carbons (Fsp3) is 0.394. The van der Waals surface area contributed by atoms with E-state index in [0.29, 0.717) is 17.7 Å². The lowest BCUT2D eigenvalue weighted by Crippen LogP contribution is -2.54. The van der Waals surface area contributed by atoms with Crippen LogP contribution in [-0.2, 0) is 26.2 Å². The molecule has 1 saturated carbocycles. The van der Waals surface area contributed by atoms with Gasteiger partial charge in [-0.15, -0.1) is 0 Å². The van der Waals surface area contributed by atoms with Gasteiger partial charge in [-0.2, -0.15) is 0 Å². The van der Waals surface area contributed by atoms with Crippen LogP contribution in [0.25, 0.3) is 0 Å². The van der Waals surface area contributed by atoms with Crippen LogP contribution in [0.1, 0.15) is 62.1 Å². The minimum absolute atomic E-state index is 0.0296. The lowest BCUT2D eigenvalue weighted by atomic mass is 9.95. The van der Waals surface area contributed by atoms with Crippen molar-refractivity contribution in [1.29, 1.82) is 0 Å². The fourth-order valence-electron chi connectivity index (χ4n) is 5.38. The second kappa shape index (κ2) is 14.0. The number of rotatable bonds is 11. The number of amides is 2. The summed E-state index contributed by atoms with van der Waals surface area (Å²) in [5.74, 6) is -1.19. The number of hydrogen-bond acceptors (Lipinski definition) is 4. The molecule has 0 radical (unpaired) electrons. The molecule has 3 aromatic rings. The van der Waals surface area contributed by atoms with E-state index in [-0.39, 0.29) is 23.4 Å². The predicted molar refractivity (Wildman–Crippen MR) is 163 cm³/mol. The molecule has 3 aromatic carbocycles. The van der Waals surface area contributed by atoms with E-state index in [1.54, 1.807) is 42.5 Å². The molecule has 0 aliphatic heterocycles. The molecule has 1 atom stereocenters. The topological polar surface area (TPSA) is 86.8 Å². The van der Waals surface area contributed by atoms with Gasteiger partial charge in [0.2, 0.25) is 11.8 Å². The number of aryl methyl sites for hydroxylation is 2. The van der Waals surface area contributed by atoms with Crippen LogP contribution >= 0.6 is 0 Å². The molecule has 0 saturated heterocycles. The molecule has 42 heavy (non-hydrogen) atoms. The molecule has 7 nitrogen and oxygen atoms in total. The first kappa shape index (κ1) is 31.2. The highest BCUT2D eigenvalue weighted by atomic mass is 32.2. The van der Waals surface area contributed by atoms with Gasteiger partial charge in [0.05, 0.1) is 10.6 Å². The Hall–Kier alpha value is -3.72. The van der Waals surface area contributed by atoms with Crippen LogP contribution in [0, 0.1) is 19.7 Å². The SMILES string of the molecule is CC[C@@H](C(=O)NC1CCCCC1)N(Cc1ccc(F)cc1)C(=O)CN(c1ccc(C)c(C)c1)S(=O)(=O)c1ccccc1. The molecule has 0 aromatic heterocycles. The Morgan fingerprint density at radius 3 is 2.21 bits per heavy atom. The van der Waals surface area contributed by atoms with E-state index in [4.69, 9.17) is 0 Å². The highest BCUT2D eigenvalue weighted by Crippen LogP contribution is 2.27. The summed E-state index contributed by atoms with van der Waals surface area (Å²) in [4.78, 5) is 29.3. The number of carbonyl (C=O) groups is 2. The van der Waals surface area contributed by atoms with Crippen molar-refractivity contribution >= 4 is 27.5 Å². The number of nitrogens with zero attached hydrogens (tertiary/aromatic N) is 2. The average molecular weight is 594 g/mol. The maximum Gasteiger partial charge on any atom is 0.264 e. The number of carbonyl (C=O) groups excluding carboxylic acids is 2. The Morgan fingerprint density at radius 1 is 0.929 bits per heavy atom. The molecule has 1 fully saturated rings. The molecule has 0 spiro atoms. The molecule has 1 N–H and O–H groups in total. The third kappa shape index (κ3) is 7.56. The molecule has 0 bridgehead atoms. The maximum atomic E-state index is 14.2. The largest absolute Gasteiger partial charge is 0.352 e. The smallest absolute Gasteiger partial charge is 0.264 e. The molecule has 1 aliphatic rings. The zero-order valence-corrected chi connectivity index (χ0v) is 25.4. The van der Waals surface area contributed by atoms with E-state index in [0.717, 1.165) is 47.5 Å². The van der Waals surface area contributed by atoms with Gasteiger partial charge in [-0.25, -0.2) is 12.8 Å². The number of halogens is 1. The van der Waals surface area contributed by atoms with Crippen molar-refractivity contribution in [2.75, 3.05) is 10.8 Å². The third-order valence-corrected chi connectivity index (χ3v) is 9.78. The minimum atomic E-state index is -4.13. The van der Waals surface area contributed by atoms with Crippen LogP contribution in [0.15, 0.2) is 77.7 Å².